The van der Waals surface area contributed by atoms with E-state index in [0.29, 0.717) is 11.8 Å². The van der Waals surface area contributed by atoms with Crippen molar-refractivity contribution in [3.63, 3.8) is 0 Å². The van der Waals surface area contributed by atoms with Gasteiger partial charge in [0.25, 0.3) is 0 Å². The second kappa shape index (κ2) is 11.4. The number of hydrogen-bond acceptors (Lipinski definition) is 2. The van der Waals surface area contributed by atoms with Crippen LogP contribution in [0.25, 0.3) is 105 Å². The molecule has 9 aromatic rings. The van der Waals surface area contributed by atoms with Crippen LogP contribution in [0.3, 0.4) is 0 Å². The maximum absolute atomic E-state index is 6.47. The summed E-state index contributed by atoms with van der Waals surface area (Å²) in [5, 5.41) is 12.2. The number of allylic oxidation sites excluding steroid dienone is 8. The fraction of sp³-hybridized carbons (Fsp3) is 0.0769. The first kappa shape index (κ1) is 29.9. The Balaban J connectivity index is 1.04. The number of hydrogen-bond donors (Lipinski definition) is 0. The molecule has 12 rings (SSSR count). The molecule has 2 atom stereocenters. The highest BCUT2D eigenvalue weighted by Crippen LogP contribution is 2.42. The van der Waals surface area contributed by atoms with Crippen LogP contribution in [0.15, 0.2) is 167 Å². The van der Waals surface area contributed by atoms with E-state index in [1.54, 1.807) is 0 Å². The predicted molar refractivity (Wildman–Crippen MR) is 227 cm³/mol. The summed E-state index contributed by atoms with van der Waals surface area (Å²) in [5.41, 5.74) is 11.3. The molecule has 2 nitrogen and oxygen atoms in total. The van der Waals surface area contributed by atoms with Gasteiger partial charge in [0.05, 0.1) is 0 Å². The number of furan rings is 2. The molecule has 0 amide bonds. The van der Waals surface area contributed by atoms with E-state index in [0.717, 1.165) is 62.1 Å². The van der Waals surface area contributed by atoms with Crippen molar-refractivity contribution in [1.82, 2.24) is 0 Å². The first-order valence-electron chi connectivity index (χ1n) is 19.1. The Morgan fingerprint density at radius 3 is 2.06 bits per heavy atom. The van der Waals surface area contributed by atoms with Gasteiger partial charge in [-0.2, -0.15) is 0 Å². The van der Waals surface area contributed by atoms with Crippen molar-refractivity contribution >= 4 is 83.1 Å². The Hall–Kier alpha value is -6.64. The minimum absolute atomic E-state index is 0.341. The molecule has 3 aliphatic carbocycles. The van der Waals surface area contributed by atoms with Gasteiger partial charge in [0.1, 0.15) is 22.3 Å². The van der Waals surface area contributed by atoms with Gasteiger partial charge < -0.3 is 8.83 Å². The van der Waals surface area contributed by atoms with E-state index in [1.165, 1.54) is 60.0 Å². The maximum atomic E-state index is 6.47. The van der Waals surface area contributed by atoms with Crippen LogP contribution in [0.2, 0.25) is 0 Å². The molecule has 54 heavy (non-hydrogen) atoms. The molecule has 2 heteroatoms. The van der Waals surface area contributed by atoms with Crippen molar-refractivity contribution in [3.05, 3.63) is 174 Å². The third-order valence-electron chi connectivity index (χ3n) is 12.0. The highest BCUT2D eigenvalue weighted by molar-refractivity contribution is 6.22. The van der Waals surface area contributed by atoms with Gasteiger partial charge in [-0.3, -0.25) is 0 Å². The van der Waals surface area contributed by atoms with Gasteiger partial charge in [-0.25, -0.2) is 0 Å². The number of rotatable bonds is 3. The Kier molecular flexibility index (Phi) is 6.32. The lowest BCUT2D eigenvalue weighted by Gasteiger charge is -2.29. The highest BCUT2D eigenvalue weighted by atomic mass is 16.3. The van der Waals surface area contributed by atoms with Crippen LogP contribution in [0.4, 0.5) is 0 Å². The van der Waals surface area contributed by atoms with Gasteiger partial charge in [-0.05, 0) is 121 Å². The van der Waals surface area contributed by atoms with E-state index in [4.69, 9.17) is 8.83 Å². The zero-order valence-corrected chi connectivity index (χ0v) is 29.6. The summed E-state index contributed by atoms with van der Waals surface area (Å²) in [6, 6.07) is 41.8. The van der Waals surface area contributed by atoms with Crippen LogP contribution in [0.5, 0.6) is 0 Å². The molecule has 0 saturated heterocycles. The van der Waals surface area contributed by atoms with Crippen LogP contribution in [0, 0.1) is 11.8 Å². The second-order valence-electron chi connectivity index (χ2n) is 15.0. The monoisotopic (exact) mass is 690 g/mol. The van der Waals surface area contributed by atoms with Gasteiger partial charge in [-0.1, -0.05) is 127 Å². The molecule has 0 aliphatic heterocycles. The molecule has 0 fully saturated rings. The van der Waals surface area contributed by atoms with Crippen LogP contribution < -0.4 is 10.4 Å². The van der Waals surface area contributed by atoms with E-state index in [1.807, 2.05) is 12.1 Å². The van der Waals surface area contributed by atoms with Gasteiger partial charge in [0.2, 0.25) is 0 Å². The van der Waals surface area contributed by atoms with E-state index in [9.17, 15) is 0 Å². The molecule has 254 valence electrons. The van der Waals surface area contributed by atoms with Gasteiger partial charge >= 0.3 is 0 Å². The largest absolute Gasteiger partial charge is 0.456 e. The summed E-state index contributed by atoms with van der Waals surface area (Å²) in [7, 11) is 0. The van der Waals surface area contributed by atoms with E-state index in [2.05, 4.69) is 158 Å². The van der Waals surface area contributed by atoms with Crippen LogP contribution in [0.1, 0.15) is 18.4 Å². The van der Waals surface area contributed by atoms with Crippen molar-refractivity contribution in [3.8, 4) is 22.3 Å². The molecule has 2 unspecified atom stereocenters. The van der Waals surface area contributed by atoms with Crippen molar-refractivity contribution < 1.29 is 8.83 Å². The van der Waals surface area contributed by atoms with E-state index in [-0.39, 0.29) is 0 Å². The molecule has 0 bridgehead atoms. The molecule has 3 aliphatic rings. The average Bonchev–Trinajstić information content (AvgIpc) is 3.79. The lowest BCUT2D eigenvalue weighted by Crippen LogP contribution is -2.34. The molecule has 0 spiro atoms. The molecule has 0 saturated carbocycles. The van der Waals surface area contributed by atoms with Crippen molar-refractivity contribution in [2.75, 3.05) is 0 Å². The highest BCUT2D eigenvalue weighted by Gasteiger charge is 2.27. The molecule has 7 aromatic carbocycles. The Morgan fingerprint density at radius 2 is 1.15 bits per heavy atom. The molecular formula is C52H34O2. The first-order chi connectivity index (χ1) is 26.8. The number of benzene rings is 7. The van der Waals surface area contributed by atoms with Crippen LogP contribution in [-0.4, -0.2) is 0 Å². The lowest BCUT2D eigenvalue weighted by molar-refractivity contribution is 0.669. The fourth-order valence-electron chi connectivity index (χ4n) is 9.60. The predicted octanol–water partition coefficient (Wildman–Crippen LogP) is 12.8. The van der Waals surface area contributed by atoms with Gasteiger partial charge in [0.15, 0.2) is 0 Å². The smallest absolute Gasteiger partial charge is 0.136 e. The topological polar surface area (TPSA) is 26.3 Å². The van der Waals surface area contributed by atoms with Gasteiger partial charge in [0, 0.05) is 33.4 Å². The lowest BCUT2D eigenvalue weighted by atomic mass is 9.74. The van der Waals surface area contributed by atoms with Gasteiger partial charge in [-0.15, -0.1) is 0 Å². The van der Waals surface area contributed by atoms with Crippen LogP contribution in [-0.2, 0) is 0 Å². The zero-order valence-electron chi connectivity index (χ0n) is 29.6. The second-order valence-corrected chi connectivity index (χ2v) is 15.0. The SMILES string of the molecule is C1=CC2C=CC=C(c3c4c(c(-c5cccc(-c6ccc7oc8ccc9cc%10c(cc9c8c7c6)oc6ccccc6%10)c5)c5ccccc35)=CCCC=4)C2C=C1. The van der Waals surface area contributed by atoms with E-state index >= 15 is 0 Å². The fourth-order valence-corrected chi connectivity index (χ4v) is 9.60. The summed E-state index contributed by atoms with van der Waals surface area (Å²) in [6.45, 7) is 0. The molecule has 0 radical (unpaired) electrons. The molecular weight excluding hydrogens is 657 g/mol. The summed E-state index contributed by atoms with van der Waals surface area (Å²) < 4.78 is 12.8. The average molecular weight is 691 g/mol. The number of para-hydroxylation sites is 1. The quantitative estimate of drug-likeness (QED) is 0.184. The standard InChI is InChI=1S/C52H34O2/c1-2-15-36-31(11-1)12-10-21-38(36)51-41-19-5-3-17-39(41)50(40-18-4-6-20-42(40)51)35-14-9-13-32(27-35)33-23-25-47-45(28-33)52-43-30-49-44(29-34(43)24-26-48(52)53-47)37-16-7-8-22-46(37)54-49/h1-3,5,7-31,36H,4,6H2. The zero-order chi connectivity index (χ0) is 35.3. The first-order valence-corrected chi connectivity index (χ1v) is 19.1. The summed E-state index contributed by atoms with van der Waals surface area (Å²) in [6.07, 6.45) is 23.1. The Bertz CT molecular complexity index is 3340. The van der Waals surface area contributed by atoms with Crippen molar-refractivity contribution in [2.24, 2.45) is 11.8 Å². The molecule has 0 N–H and O–H groups in total. The third kappa shape index (κ3) is 4.34. The minimum atomic E-state index is 0.341. The van der Waals surface area contributed by atoms with Crippen LogP contribution >= 0.6 is 0 Å². The summed E-state index contributed by atoms with van der Waals surface area (Å²) >= 11 is 0. The summed E-state index contributed by atoms with van der Waals surface area (Å²) in [5.74, 6) is 0.732. The van der Waals surface area contributed by atoms with E-state index < -0.39 is 0 Å². The summed E-state index contributed by atoms with van der Waals surface area (Å²) in [4.78, 5) is 0. The Morgan fingerprint density at radius 1 is 0.444 bits per heavy atom. The number of fused-ring (bicyclic) bond motifs is 11. The third-order valence-corrected chi connectivity index (χ3v) is 12.0. The molecule has 2 heterocycles. The minimum Gasteiger partial charge on any atom is -0.456 e. The van der Waals surface area contributed by atoms with Crippen molar-refractivity contribution in [2.45, 2.75) is 12.8 Å². The normalized spacial score (nSPS) is 17.7. The molecule has 2 aromatic heterocycles. The maximum Gasteiger partial charge on any atom is 0.136 e. The Labute approximate surface area is 311 Å². The van der Waals surface area contributed by atoms with Crippen molar-refractivity contribution in [1.29, 1.82) is 0 Å².